The summed E-state index contributed by atoms with van der Waals surface area (Å²) in [6.07, 6.45) is 0. The number of rotatable bonds is 7. The number of anilines is 1. The molecule has 0 saturated carbocycles. The van der Waals surface area contributed by atoms with Crippen molar-refractivity contribution < 1.29 is 14.3 Å². The van der Waals surface area contributed by atoms with Gasteiger partial charge in [0.05, 0.1) is 10.2 Å². The molecule has 0 N–H and O–H groups in total. The number of carbonyl (C=O) groups excluding carboxylic acids is 2. The average molecular weight is 436 g/mol. The molecule has 0 aliphatic heterocycles. The molecule has 0 atom stereocenters. The Hall–Kier alpha value is -3.66. The Balaban J connectivity index is 1.34. The van der Waals surface area contributed by atoms with Crippen molar-refractivity contribution in [2.24, 2.45) is 0 Å². The molecule has 4 rings (SSSR count). The molecular weight excluding hydrogens is 416 g/mol. The summed E-state index contributed by atoms with van der Waals surface area (Å²) >= 11 is 1.42. The number of hydrogen-bond acceptors (Lipinski definition) is 8. The maximum atomic E-state index is 12.6. The molecule has 0 radical (unpaired) electrons. The van der Waals surface area contributed by atoms with E-state index in [0.717, 1.165) is 26.1 Å². The van der Waals surface area contributed by atoms with E-state index in [4.69, 9.17) is 4.74 Å². The van der Waals surface area contributed by atoms with Crippen molar-refractivity contribution in [1.29, 1.82) is 0 Å². The topological polar surface area (TPSA) is 103 Å². The largest absolute Gasteiger partial charge is 0.454 e. The van der Waals surface area contributed by atoms with Crippen molar-refractivity contribution in [3.63, 3.8) is 0 Å². The fourth-order valence-corrected chi connectivity index (χ4v) is 3.95. The van der Waals surface area contributed by atoms with Gasteiger partial charge in [0.15, 0.2) is 18.3 Å². The molecular formula is C21H20N6O3S. The number of thiazole rings is 1. The zero-order chi connectivity index (χ0) is 21.8. The summed E-state index contributed by atoms with van der Waals surface area (Å²) in [5.74, 6) is -0.555. The number of aromatic nitrogens is 5. The van der Waals surface area contributed by atoms with Gasteiger partial charge in [-0.3, -0.25) is 9.69 Å². The zero-order valence-electron chi connectivity index (χ0n) is 17.1. The third-order valence-electron chi connectivity index (χ3n) is 4.52. The third-order valence-corrected chi connectivity index (χ3v) is 5.58. The van der Waals surface area contributed by atoms with Gasteiger partial charge >= 0.3 is 5.97 Å². The standard InChI is InChI=1S/C21H20N6O3S/c1-3-26(21-22-16-6-4-5-7-17(16)31-21)18(28)13-30-19(29)12-27-24-20(23-25-27)15-10-8-14(2)9-11-15/h4-11H,3,12-13H2,1-2H3. The summed E-state index contributed by atoms with van der Waals surface area (Å²) in [5, 5.41) is 12.6. The molecule has 0 aliphatic rings. The van der Waals surface area contributed by atoms with Gasteiger partial charge in [0.1, 0.15) is 0 Å². The second-order valence-corrected chi connectivity index (χ2v) is 7.78. The van der Waals surface area contributed by atoms with Crippen LogP contribution in [0, 0.1) is 6.92 Å². The van der Waals surface area contributed by atoms with E-state index >= 15 is 0 Å². The fraction of sp³-hybridized carbons (Fsp3) is 0.238. The van der Waals surface area contributed by atoms with E-state index in [1.165, 1.54) is 16.2 Å². The first kappa shape index (κ1) is 20.6. The number of ether oxygens (including phenoxy) is 1. The van der Waals surface area contributed by atoms with Crippen molar-refractivity contribution in [2.45, 2.75) is 20.4 Å². The second-order valence-electron chi connectivity index (χ2n) is 6.77. The smallest absolute Gasteiger partial charge is 0.330 e. The molecule has 0 fully saturated rings. The summed E-state index contributed by atoms with van der Waals surface area (Å²) in [6.45, 7) is 3.63. The Morgan fingerprint density at radius 2 is 1.90 bits per heavy atom. The zero-order valence-corrected chi connectivity index (χ0v) is 17.9. The van der Waals surface area contributed by atoms with Crippen LogP contribution in [0.4, 0.5) is 5.13 Å². The van der Waals surface area contributed by atoms with Crippen LogP contribution in [-0.4, -0.2) is 50.2 Å². The summed E-state index contributed by atoms with van der Waals surface area (Å²) in [7, 11) is 0. The number of carbonyl (C=O) groups is 2. The molecule has 9 nitrogen and oxygen atoms in total. The number of hydrogen-bond donors (Lipinski definition) is 0. The number of tetrazole rings is 1. The number of esters is 1. The molecule has 2 heterocycles. The Morgan fingerprint density at radius 1 is 1.13 bits per heavy atom. The lowest BCUT2D eigenvalue weighted by molar-refractivity contribution is -0.148. The van der Waals surface area contributed by atoms with E-state index in [9.17, 15) is 9.59 Å². The van der Waals surface area contributed by atoms with Gasteiger partial charge in [-0.05, 0) is 31.2 Å². The quantitative estimate of drug-likeness (QED) is 0.410. The number of benzene rings is 2. The van der Waals surface area contributed by atoms with Gasteiger partial charge in [0, 0.05) is 12.1 Å². The normalized spacial score (nSPS) is 10.9. The van der Waals surface area contributed by atoms with Crippen LogP contribution >= 0.6 is 11.3 Å². The third kappa shape index (κ3) is 4.75. The molecule has 2 aromatic carbocycles. The highest BCUT2D eigenvalue weighted by atomic mass is 32.1. The summed E-state index contributed by atoms with van der Waals surface area (Å²) in [6, 6.07) is 15.3. The molecule has 10 heteroatoms. The SMILES string of the molecule is CCN(C(=O)COC(=O)Cn1nnc(-c2ccc(C)cc2)n1)c1nc2ccccc2s1. The van der Waals surface area contributed by atoms with Crippen molar-refractivity contribution in [3.05, 3.63) is 54.1 Å². The van der Waals surface area contributed by atoms with Gasteiger partial charge in [0.25, 0.3) is 5.91 Å². The number of para-hydroxylation sites is 1. The molecule has 31 heavy (non-hydrogen) atoms. The molecule has 0 bridgehead atoms. The van der Waals surface area contributed by atoms with Crippen molar-refractivity contribution in [2.75, 3.05) is 18.1 Å². The lowest BCUT2D eigenvalue weighted by Gasteiger charge is -2.17. The van der Waals surface area contributed by atoms with Crippen LogP contribution in [0.25, 0.3) is 21.6 Å². The monoisotopic (exact) mass is 436 g/mol. The van der Waals surface area contributed by atoms with Crippen LogP contribution in [0.15, 0.2) is 48.5 Å². The molecule has 4 aromatic rings. The minimum atomic E-state index is -0.624. The lowest BCUT2D eigenvalue weighted by atomic mass is 10.1. The van der Waals surface area contributed by atoms with E-state index in [2.05, 4.69) is 20.4 Å². The van der Waals surface area contributed by atoms with Crippen LogP contribution in [-0.2, 0) is 20.9 Å². The number of amides is 1. The van der Waals surface area contributed by atoms with Crippen LogP contribution in [0.5, 0.6) is 0 Å². The highest BCUT2D eigenvalue weighted by Crippen LogP contribution is 2.28. The van der Waals surface area contributed by atoms with E-state index < -0.39 is 5.97 Å². The molecule has 2 aromatic heterocycles. The Bertz CT molecular complexity index is 1180. The van der Waals surface area contributed by atoms with Crippen LogP contribution in [0.2, 0.25) is 0 Å². The fourth-order valence-electron chi connectivity index (χ4n) is 2.90. The van der Waals surface area contributed by atoms with E-state index in [-0.39, 0.29) is 19.1 Å². The van der Waals surface area contributed by atoms with E-state index in [0.29, 0.717) is 17.5 Å². The minimum Gasteiger partial charge on any atom is -0.454 e. The van der Waals surface area contributed by atoms with Gasteiger partial charge in [-0.1, -0.05) is 53.3 Å². The predicted octanol–water partition coefficient (Wildman–Crippen LogP) is 2.85. The number of fused-ring (bicyclic) bond motifs is 1. The highest BCUT2D eigenvalue weighted by molar-refractivity contribution is 7.22. The first-order valence-corrected chi connectivity index (χ1v) is 10.5. The van der Waals surface area contributed by atoms with E-state index in [1.807, 2.05) is 62.4 Å². The van der Waals surface area contributed by atoms with Crippen LogP contribution < -0.4 is 4.90 Å². The van der Waals surface area contributed by atoms with Gasteiger partial charge in [0.2, 0.25) is 5.82 Å². The molecule has 1 amide bonds. The molecule has 158 valence electrons. The summed E-state index contributed by atoms with van der Waals surface area (Å²) in [4.78, 5) is 31.9. The summed E-state index contributed by atoms with van der Waals surface area (Å²) < 4.78 is 6.12. The molecule has 0 spiro atoms. The average Bonchev–Trinajstić information content (AvgIpc) is 3.40. The van der Waals surface area contributed by atoms with Crippen molar-refractivity contribution in [3.8, 4) is 11.4 Å². The first-order chi connectivity index (χ1) is 15.0. The van der Waals surface area contributed by atoms with Crippen molar-refractivity contribution in [1.82, 2.24) is 25.2 Å². The molecule has 0 saturated heterocycles. The van der Waals surface area contributed by atoms with Crippen LogP contribution in [0.1, 0.15) is 12.5 Å². The Kier molecular flexibility index (Phi) is 5.99. The Morgan fingerprint density at radius 3 is 2.65 bits per heavy atom. The molecule has 0 aliphatic carbocycles. The Labute approximate surface area is 182 Å². The predicted molar refractivity (Wildman–Crippen MR) is 117 cm³/mol. The van der Waals surface area contributed by atoms with Gasteiger partial charge < -0.3 is 4.74 Å². The molecule has 0 unspecified atom stereocenters. The first-order valence-electron chi connectivity index (χ1n) is 9.70. The number of aryl methyl sites for hydroxylation is 1. The van der Waals surface area contributed by atoms with Crippen molar-refractivity contribution >= 4 is 38.6 Å². The second kappa shape index (κ2) is 9.00. The van der Waals surface area contributed by atoms with Gasteiger partial charge in [-0.2, -0.15) is 4.80 Å². The minimum absolute atomic E-state index is 0.237. The number of likely N-dealkylation sites (N-methyl/N-ethyl adjacent to an activating group) is 1. The van der Waals surface area contributed by atoms with Gasteiger partial charge in [-0.25, -0.2) is 9.78 Å². The maximum Gasteiger partial charge on any atom is 0.330 e. The number of nitrogens with zero attached hydrogens (tertiary/aromatic N) is 6. The van der Waals surface area contributed by atoms with Gasteiger partial charge in [-0.15, -0.1) is 10.2 Å². The highest BCUT2D eigenvalue weighted by Gasteiger charge is 2.20. The van der Waals surface area contributed by atoms with Crippen LogP contribution in [0.3, 0.4) is 0 Å². The maximum absolute atomic E-state index is 12.6. The van der Waals surface area contributed by atoms with E-state index in [1.54, 1.807) is 0 Å². The summed E-state index contributed by atoms with van der Waals surface area (Å²) in [5.41, 5.74) is 2.75. The lowest BCUT2D eigenvalue weighted by Crippen LogP contribution is -2.35.